The predicted octanol–water partition coefficient (Wildman–Crippen LogP) is 6.90. The fourth-order valence-electron chi connectivity index (χ4n) is 2.53. The van der Waals surface area contributed by atoms with Gasteiger partial charge in [-0.15, -0.1) is 0 Å². The molecule has 30 heavy (non-hydrogen) atoms. The number of ether oxygens (including phenoxy) is 1. The van der Waals surface area contributed by atoms with Crippen molar-refractivity contribution in [3.8, 4) is 5.75 Å². The third-order valence-corrected chi connectivity index (χ3v) is 5.96. The standard InChI is InChI=1S/C22H16Br3ClN2O2/c23-17-5-1-14(2-6-17)11-21(29)28-27-12-16-9-19(24)22(20(25)10-16)30-13-15-3-7-18(26)8-4-15/h1-10,12H,11,13H2,(H,28,29)/b27-12+. The zero-order valence-electron chi connectivity index (χ0n) is 15.5. The highest BCUT2D eigenvalue weighted by molar-refractivity contribution is 9.11. The van der Waals surface area contributed by atoms with Crippen LogP contribution in [0.2, 0.25) is 5.02 Å². The highest BCUT2D eigenvalue weighted by Gasteiger charge is 2.09. The Morgan fingerprint density at radius 2 is 1.57 bits per heavy atom. The molecular formula is C22H16Br3ClN2O2. The molecule has 0 fully saturated rings. The number of hydrogen-bond acceptors (Lipinski definition) is 3. The highest BCUT2D eigenvalue weighted by atomic mass is 79.9. The Bertz CT molecular complexity index is 1030. The van der Waals surface area contributed by atoms with Crippen molar-refractivity contribution in [3.63, 3.8) is 0 Å². The molecule has 0 atom stereocenters. The molecule has 8 heteroatoms. The van der Waals surface area contributed by atoms with Crippen LogP contribution in [-0.4, -0.2) is 12.1 Å². The van der Waals surface area contributed by atoms with Gasteiger partial charge in [-0.1, -0.05) is 51.8 Å². The van der Waals surface area contributed by atoms with Gasteiger partial charge in [0.2, 0.25) is 5.91 Å². The third kappa shape index (κ3) is 6.94. The molecule has 0 aliphatic carbocycles. The maximum absolute atomic E-state index is 12.0. The first-order chi connectivity index (χ1) is 14.4. The lowest BCUT2D eigenvalue weighted by Crippen LogP contribution is -2.19. The Labute approximate surface area is 205 Å². The fourth-order valence-corrected chi connectivity index (χ4v) is 4.38. The summed E-state index contributed by atoms with van der Waals surface area (Å²) in [7, 11) is 0. The molecular weight excluding hydrogens is 599 g/mol. The molecule has 154 valence electrons. The van der Waals surface area contributed by atoms with Crippen LogP contribution in [0, 0.1) is 0 Å². The number of benzene rings is 3. The second-order valence-corrected chi connectivity index (χ2v) is 9.39. The van der Waals surface area contributed by atoms with Gasteiger partial charge in [0, 0.05) is 9.50 Å². The molecule has 0 saturated carbocycles. The molecule has 0 spiro atoms. The minimum atomic E-state index is -0.186. The van der Waals surface area contributed by atoms with Gasteiger partial charge >= 0.3 is 0 Å². The maximum atomic E-state index is 12.0. The summed E-state index contributed by atoms with van der Waals surface area (Å²) in [5.41, 5.74) is 5.27. The maximum Gasteiger partial charge on any atom is 0.244 e. The largest absolute Gasteiger partial charge is 0.487 e. The van der Waals surface area contributed by atoms with Gasteiger partial charge in [0.25, 0.3) is 0 Å². The number of hydrazone groups is 1. The average Bonchev–Trinajstić information content (AvgIpc) is 2.70. The summed E-state index contributed by atoms with van der Waals surface area (Å²) in [6.45, 7) is 0.411. The number of rotatable bonds is 7. The van der Waals surface area contributed by atoms with Crippen LogP contribution in [0.25, 0.3) is 0 Å². The van der Waals surface area contributed by atoms with Gasteiger partial charge in [0.1, 0.15) is 12.4 Å². The quantitative estimate of drug-likeness (QED) is 0.232. The van der Waals surface area contributed by atoms with Crippen LogP contribution in [0.4, 0.5) is 0 Å². The smallest absolute Gasteiger partial charge is 0.244 e. The van der Waals surface area contributed by atoms with Crippen molar-refractivity contribution in [2.75, 3.05) is 0 Å². The van der Waals surface area contributed by atoms with E-state index in [4.69, 9.17) is 16.3 Å². The van der Waals surface area contributed by atoms with E-state index in [0.717, 1.165) is 30.1 Å². The first kappa shape index (κ1) is 23.0. The van der Waals surface area contributed by atoms with Crippen LogP contribution >= 0.6 is 59.4 Å². The van der Waals surface area contributed by atoms with Gasteiger partial charge in [-0.05, 0) is 84.9 Å². The number of carbonyl (C=O) groups is 1. The molecule has 1 N–H and O–H groups in total. The van der Waals surface area contributed by atoms with Gasteiger partial charge in [-0.3, -0.25) is 4.79 Å². The average molecular weight is 616 g/mol. The van der Waals surface area contributed by atoms with E-state index < -0.39 is 0 Å². The van der Waals surface area contributed by atoms with Gasteiger partial charge in [0.15, 0.2) is 0 Å². The van der Waals surface area contributed by atoms with Crippen LogP contribution in [0.15, 0.2) is 79.2 Å². The van der Waals surface area contributed by atoms with E-state index in [1.165, 1.54) is 0 Å². The first-order valence-corrected chi connectivity index (χ1v) is 11.6. The minimum absolute atomic E-state index is 0.186. The molecule has 1 amide bonds. The van der Waals surface area contributed by atoms with E-state index in [9.17, 15) is 4.79 Å². The number of nitrogens with one attached hydrogen (secondary N) is 1. The molecule has 0 unspecified atom stereocenters. The Kier molecular flexibility index (Phi) is 8.50. The van der Waals surface area contributed by atoms with Crippen LogP contribution in [0.3, 0.4) is 0 Å². The first-order valence-electron chi connectivity index (χ1n) is 8.83. The van der Waals surface area contributed by atoms with Crippen LogP contribution in [0.5, 0.6) is 5.75 Å². The Hall–Kier alpha value is -1.67. The molecule has 0 heterocycles. The summed E-state index contributed by atoms with van der Waals surface area (Å²) in [5, 5.41) is 4.73. The van der Waals surface area contributed by atoms with Crippen molar-refractivity contribution in [2.24, 2.45) is 5.10 Å². The molecule has 0 aromatic heterocycles. The topological polar surface area (TPSA) is 50.7 Å². The van der Waals surface area contributed by atoms with Crippen molar-refractivity contribution in [1.82, 2.24) is 5.43 Å². The number of amides is 1. The Morgan fingerprint density at radius 1 is 0.967 bits per heavy atom. The number of halogens is 4. The second-order valence-electron chi connectivity index (χ2n) is 6.33. The van der Waals surface area contributed by atoms with E-state index >= 15 is 0 Å². The SMILES string of the molecule is O=C(Cc1ccc(Br)cc1)N/N=C/c1cc(Br)c(OCc2ccc(Cl)cc2)c(Br)c1. The zero-order valence-corrected chi connectivity index (χ0v) is 21.1. The van der Waals surface area contributed by atoms with Gasteiger partial charge < -0.3 is 4.74 Å². The number of nitrogens with zero attached hydrogens (tertiary/aromatic N) is 1. The van der Waals surface area contributed by atoms with Crippen molar-refractivity contribution >= 4 is 71.5 Å². The molecule has 0 aliphatic heterocycles. The molecule has 3 aromatic rings. The number of hydrogen-bond donors (Lipinski definition) is 1. The van der Waals surface area contributed by atoms with E-state index in [-0.39, 0.29) is 12.3 Å². The number of carbonyl (C=O) groups excluding carboxylic acids is 1. The van der Waals surface area contributed by atoms with Gasteiger partial charge in [-0.25, -0.2) is 5.43 Å². The monoisotopic (exact) mass is 612 g/mol. The van der Waals surface area contributed by atoms with Gasteiger partial charge in [0.05, 0.1) is 21.6 Å². The zero-order chi connectivity index (χ0) is 21.5. The summed E-state index contributed by atoms with van der Waals surface area (Å²) >= 11 is 16.3. The third-order valence-electron chi connectivity index (χ3n) is 4.00. The Morgan fingerprint density at radius 3 is 2.20 bits per heavy atom. The summed E-state index contributed by atoms with van der Waals surface area (Å²) in [4.78, 5) is 12.0. The molecule has 0 bridgehead atoms. The van der Waals surface area contributed by atoms with Gasteiger partial charge in [-0.2, -0.15) is 5.10 Å². The second kappa shape index (κ2) is 11.1. The molecule has 0 radical (unpaired) electrons. The van der Waals surface area contributed by atoms with Crippen LogP contribution in [0.1, 0.15) is 16.7 Å². The lowest BCUT2D eigenvalue weighted by atomic mass is 10.1. The summed E-state index contributed by atoms with van der Waals surface area (Å²) in [5.74, 6) is 0.496. The van der Waals surface area contributed by atoms with E-state index in [2.05, 4.69) is 58.3 Å². The fraction of sp³-hybridized carbons (Fsp3) is 0.0909. The van der Waals surface area contributed by atoms with E-state index in [0.29, 0.717) is 17.4 Å². The molecule has 3 aromatic carbocycles. The van der Waals surface area contributed by atoms with E-state index in [1.54, 1.807) is 6.21 Å². The normalized spacial score (nSPS) is 10.9. The predicted molar refractivity (Wildman–Crippen MR) is 131 cm³/mol. The molecule has 0 aliphatic rings. The summed E-state index contributed by atoms with van der Waals surface area (Å²) in [6.07, 6.45) is 1.84. The van der Waals surface area contributed by atoms with E-state index in [1.807, 2.05) is 60.7 Å². The lowest BCUT2D eigenvalue weighted by Gasteiger charge is -2.11. The molecule has 0 saturated heterocycles. The molecule has 3 rings (SSSR count). The highest BCUT2D eigenvalue weighted by Crippen LogP contribution is 2.35. The van der Waals surface area contributed by atoms with Crippen molar-refractivity contribution in [2.45, 2.75) is 13.0 Å². The van der Waals surface area contributed by atoms with Crippen molar-refractivity contribution in [3.05, 3.63) is 95.8 Å². The summed E-state index contributed by atoms with van der Waals surface area (Å²) < 4.78 is 8.43. The van der Waals surface area contributed by atoms with Crippen molar-refractivity contribution < 1.29 is 9.53 Å². The van der Waals surface area contributed by atoms with Crippen molar-refractivity contribution in [1.29, 1.82) is 0 Å². The summed E-state index contributed by atoms with van der Waals surface area (Å²) in [6, 6.07) is 18.8. The minimum Gasteiger partial charge on any atom is -0.487 e. The lowest BCUT2D eigenvalue weighted by molar-refractivity contribution is -0.120. The Balaban J connectivity index is 1.57. The van der Waals surface area contributed by atoms with Crippen LogP contribution in [-0.2, 0) is 17.8 Å². The molecule has 4 nitrogen and oxygen atoms in total. The van der Waals surface area contributed by atoms with Crippen LogP contribution < -0.4 is 10.2 Å².